The third-order valence-corrected chi connectivity index (χ3v) is 5.31. The molecule has 90 valence electrons. The van der Waals surface area contributed by atoms with Crippen molar-refractivity contribution in [2.75, 3.05) is 21.3 Å². The topological polar surface area (TPSA) is 27.7 Å². The van der Waals surface area contributed by atoms with Crippen LogP contribution in [0.5, 0.6) is 0 Å². The maximum Gasteiger partial charge on any atom is 0.249 e. The van der Waals surface area contributed by atoms with Crippen molar-refractivity contribution in [3.63, 3.8) is 0 Å². The van der Waals surface area contributed by atoms with Crippen molar-refractivity contribution < 1.29 is 14.2 Å². The van der Waals surface area contributed by atoms with Crippen molar-refractivity contribution in [2.45, 2.75) is 18.1 Å². The van der Waals surface area contributed by atoms with Gasteiger partial charge in [0, 0.05) is 21.3 Å². The molecule has 0 bridgehead atoms. The summed E-state index contributed by atoms with van der Waals surface area (Å²) in [5.41, 5.74) is 0.945. The zero-order chi connectivity index (χ0) is 12.0. The van der Waals surface area contributed by atoms with E-state index in [-0.39, 0.29) is 0 Å². The molecule has 1 rings (SSSR count). The lowest BCUT2D eigenvalue weighted by Crippen LogP contribution is -2.44. The molecule has 0 aliphatic carbocycles. The second-order valence-corrected chi connectivity index (χ2v) is 6.31. The summed E-state index contributed by atoms with van der Waals surface area (Å²) in [5.74, 6) is 0. The fraction of sp³-hybridized carbons (Fsp3) is 0.500. The minimum atomic E-state index is -0.810. The first kappa shape index (κ1) is 13.4. The number of methoxy groups -OCH3 is 3. The maximum absolute atomic E-state index is 5.35. The Morgan fingerprint density at radius 2 is 1.50 bits per heavy atom. The summed E-state index contributed by atoms with van der Waals surface area (Å²) in [4.78, 5) is 0. The van der Waals surface area contributed by atoms with Crippen LogP contribution < -0.4 is 0 Å². The van der Waals surface area contributed by atoms with Gasteiger partial charge >= 0.3 is 0 Å². The normalized spacial score (nSPS) is 14.5. The molecule has 1 aromatic rings. The molecular formula is C12H20O3Si. The molecule has 0 saturated carbocycles. The van der Waals surface area contributed by atoms with Gasteiger partial charge in [0.05, 0.1) is 0 Å². The fourth-order valence-corrected chi connectivity index (χ4v) is 3.53. The fourth-order valence-electron chi connectivity index (χ4n) is 1.77. The van der Waals surface area contributed by atoms with Crippen LogP contribution >= 0.6 is 0 Å². The summed E-state index contributed by atoms with van der Waals surface area (Å²) >= 11 is 0. The van der Waals surface area contributed by atoms with Gasteiger partial charge in [0.1, 0.15) is 9.52 Å². The van der Waals surface area contributed by atoms with Crippen LogP contribution in [-0.4, -0.2) is 36.4 Å². The summed E-state index contributed by atoms with van der Waals surface area (Å²) in [7, 11) is 4.15. The van der Waals surface area contributed by atoms with Crippen molar-refractivity contribution in [2.24, 2.45) is 0 Å². The molecule has 16 heavy (non-hydrogen) atoms. The molecule has 0 aliphatic rings. The van der Waals surface area contributed by atoms with Gasteiger partial charge in [0.15, 0.2) is 0 Å². The van der Waals surface area contributed by atoms with E-state index >= 15 is 0 Å². The largest absolute Gasteiger partial charge is 0.335 e. The van der Waals surface area contributed by atoms with E-state index in [1.807, 2.05) is 18.2 Å². The molecule has 1 unspecified atom stereocenters. The number of benzene rings is 1. The van der Waals surface area contributed by atoms with Crippen LogP contribution in [0.3, 0.4) is 0 Å². The van der Waals surface area contributed by atoms with Crippen LogP contribution in [0, 0.1) is 0 Å². The molecule has 0 spiro atoms. The van der Waals surface area contributed by atoms with E-state index in [0.717, 1.165) is 0 Å². The molecule has 0 aliphatic heterocycles. The first-order valence-electron chi connectivity index (χ1n) is 5.38. The highest BCUT2D eigenvalue weighted by Crippen LogP contribution is 2.21. The molecule has 0 N–H and O–H groups in total. The SMILES string of the molecule is COC(OC)(OC)[SiH2]C(C)c1ccccc1. The predicted octanol–water partition coefficient (Wildman–Crippen LogP) is 1.47. The summed E-state index contributed by atoms with van der Waals surface area (Å²) in [6.45, 7) is 2.19. The molecule has 0 heterocycles. The molecular weight excluding hydrogens is 220 g/mol. The quantitative estimate of drug-likeness (QED) is 0.557. The zero-order valence-electron chi connectivity index (χ0n) is 10.4. The van der Waals surface area contributed by atoms with E-state index in [2.05, 4.69) is 19.1 Å². The Morgan fingerprint density at radius 1 is 1.00 bits per heavy atom. The first-order chi connectivity index (χ1) is 7.67. The third kappa shape index (κ3) is 3.15. The smallest absolute Gasteiger partial charge is 0.249 e. The maximum atomic E-state index is 5.35. The molecule has 3 nitrogen and oxygen atoms in total. The van der Waals surface area contributed by atoms with Gasteiger partial charge in [-0.25, -0.2) is 0 Å². The minimum absolute atomic E-state index is 0.445. The van der Waals surface area contributed by atoms with Gasteiger partial charge in [0.25, 0.3) is 0 Å². The Bertz CT molecular complexity index is 290. The number of hydrogen-bond donors (Lipinski definition) is 0. The summed E-state index contributed by atoms with van der Waals surface area (Å²) in [6, 6.07) is 10.4. The average Bonchev–Trinajstić information content (AvgIpc) is 2.37. The molecule has 1 atom stereocenters. The predicted molar refractivity (Wildman–Crippen MR) is 67.2 cm³/mol. The van der Waals surface area contributed by atoms with Gasteiger partial charge in [0.2, 0.25) is 5.60 Å². The lowest BCUT2D eigenvalue weighted by molar-refractivity contribution is -0.295. The van der Waals surface area contributed by atoms with E-state index in [1.54, 1.807) is 21.3 Å². The minimum Gasteiger partial charge on any atom is -0.335 e. The number of rotatable bonds is 6. The van der Waals surface area contributed by atoms with Crippen LogP contribution in [0.15, 0.2) is 30.3 Å². The van der Waals surface area contributed by atoms with E-state index in [4.69, 9.17) is 14.2 Å². The lowest BCUT2D eigenvalue weighted by Gasteiger charge is -2.31. The Labute approximate surface area is 99.5 Å². The molecule has 4 heteroatoms. The summed E-state index contributed by atoms with van der Waals surface area (Å²) in [6.07, 6.45) is 0. The molecule has 0 saturated heterocycles. The standard InChI is InChI=1S/C12H20O3Si/c1-10(11-8-6-5-7-9-11)16-12(13-2,14-3)15-4/h5-10H,16H2,1-4H3. The first-order valence-corrected chi connectivity index (χ1v) is 6.90. The van der Waals surface area contributed by atoms with Crippen molar-refractivity contribution in [1.82, 2.24) is 0 Å². The van der Waals surface area contributed by atoms with Gasteiger partial charge < -0.3 is 14.2 Å². The van der Waals surface area contributed by atoms with Crippen LogP contribution in [0.1, 0.15) is 18.0 Å². The molecule has 0 radical (unpaired) electrons. The highest BCUT2D eigenvalue weighted by Gasteiger charge is 2.32. The van der Waals surface area contributed by atoms with Crippen LogP contribution in [0.2, 0.25) is 0 Å². The number of ether oxygens (including phenoxy) is 3. The Morgan fingerprint density at radius 3 is 1.94 bits per heavy atom. The third-order valence-electron chi connectivity index (χ3n) is 2.86. The van der Waals surface area contributed by atoms with E-state index < -0.39 is 15.1 Å². The highest BCUT2D eigenvalue weighted by atomic mass is 28.2. The van der Waals surface area contributed by atoms with Crippen LogP contribution in [0.25, 0.3) is 0 Å². The van der Waals surface area contributed by atoms with Gasteiger partial charge in [-0.2, -0.15) is 0 Å². The second kappa shape index (κ2) is 6.15. The summed E-state index contributed by atoms with van der Waals surface area (Å²) in [5, 5.41) is 0. The van der Waals surface area contributed by atoms with Crippen molar-refractivity contribution in [3.05, 3.63) is 35.9 Å². The Hall–Kier alpha value is -0.683. The van der Waals surface area contributed by atoms with Crippen LogP contribution in [-0.2, 0) is 14.2 Å². The molecule has 0 aromatic heterocycles. The Balaban J connectivity index is 2.73. The lowest BCUT2D eigenvalue weighted by atomic mass is 10.2. The van der Waals surface area contributed by atoms with Gasteiger partial charge in [-0.1, -0.05) is 37.3 Å². The van der Waals surface area contributed by atoms with Crippen molar-refractivity contribution in [1.29, 1.82) is 0 Å². The van der Waals surface area contributed by atoms with Crippen molar-refractivity contribution >= 4 is 9.52 Å². The average molecular weight is 240 g/mol. The molecule has 0 amide bonds. The van der Waals surface area contributed by atoms with Crippen molar-refractivity contribution in [3.8, 4) is 0 Å². The van der Waals surface area contributed by atoms with Gasteiger partial charge in [-0.3, -0.25) is 0 Å². The zero-order valence-corrected chi connectivity index (χ0v) is 11.8. The summed E-state index contributed by atoms with van der Waals surface area (Å²) < 4.78 is 16.0. The van der Waals surface area contributed by atoms with Crippen LogP contribution in [0.4, 0.5) is 0 Å². The number of hydrogen-bond acceptors (Lipinski definition) is 3. The van der Waals surface area contributed by atoms with E-state index in [0.29, 0.717) is 5.54 Å². The van der Waals surface area contributed by atoms with E-state index in [9.17, 15) is 0 Å². The molecule has 0 fully saturated rings. The van der Waals surface area contributed by atoms with Gasteiger partial charge in [-0.15, -0.1) is 0 Å². The van der Waals surface area contributed by atoms with Gasteiger partial charge in [-0.05, 0) is 11.1 Å². The highest BCUT2D eigenvalue weighted by molar-refractivity contribution is 6.40. The monoisotopic (exact) mass is 240 g/mol. The second-order valence-electron chi connectivity index (χ2n) is 3.81. The Kier molecular flexibility index (Phi) is 5.14. The molecule has 1 aromatic carbocycles. The van der Waals surface area contributed by atoms with E-state index in [1.165, 1.54) is 5.56 Å².